The van der Waals surface area contributed by atoms with E-state index in [0.29, 0.717) is 5.69 Å². The number of para-hydroxylation sites is 2. The number of hydrogen-bond acceptors (Lipinski definition) is 5. The van der Waals surface area contributed by atoms with Gasteiger partial charge >= 0.3 is 0 Å². The van der Waals surface area contributed by atoms with Crippen LogP contribution in [-0.2, 0) is 6.54 Å². The SMILES string of the molecule is O=C(Nc1ccc(-c2nc3ccccc3[nH]2)cc1)c1cn(CC(O)c2ccccc2F)nn1. The van der Waals surface area contributed by atoms with Gasteiger partial charge in [-0.25, -0.2) is 14.1 Å². The van der Waals surface area contributed by atoms with Gasteiger partial charge in [0.15, 0.2) is 5.69 Å². The molecule has 9 heteroatoms. The second-order valence-electron chi connectivity index (χ2n) is 7.50. The highest BCUT2D eigenvalue weighted by Gasteiger charge is 2.16. The lowest BCUT2D eigenvalue weighted by Gasteiger charge is -2.11. The van der Waals surface area contributed by atoms with Gasteiger partial charge in [-0.15, -0.1) is 5.10 Å². The van der Waals surface area contributed by atoms with E-state index in [1.54, 1.807) is 24.3 Å². The number of carbonyl (C=O) groups is 1. The van der Waals surface area contributed by atoms with E-state index >= 15 is 0 Å². The van der Waals surface area contributed by atoms with E-state index in [1.807, 2.05) is 36.4 Å². The molecule has 33 heavy (non-hydrogen) atoms. The number of hydrogen-bond donors (Lipinski definition) is 3. The number of fused-ring (bicyclic) bond motifs is 1. The summed E-state index contributed by atoms with van der Waals surface area (Å²) in [7, 11) is 0. The zero-order chi connectivity index (χ0) is 22.8. The van der Waals surface area contributed by atoms with Gasteiger partial charge in [0.2, 0.25) is 0 Å². The predicted octanol–water partition coefficient (Wildman–Crippen LogP) is 3.95. The number of carbonyl (C=O) groups excluding carboxylic acids is 1. The lowest BCUT2D eigenvalue weighted by atomic mass is 10.1. The minimum atomic E-state index is -1.12. The normalized spacial score (nSPS) is 12.1. The molecule has 3 N–H and O–H groups in total. The third kappa shape index (κ3) is 4.35. The molecule has 0 spiro atoms. The van der Waals surface area contributed by atoms with E-state index in [4.69, 9.17) is 0 Å². The van der Waals surface area contributed by atoms with E-state index < -0.39 is 17.8 Å². The molecular weight excluding hydrogens is 423 g/mol. The minimum Gasteiger partial charge on any atom is -0.386 e. The first-order chi connectivity index (χ1) is 16.1. The van der Waals surface area contributed by atoms with Crippen LogP contribution in [0.5, 0.6) is 0 Å². The van der Waals surface area contributed by atoms with Crippen molar-refractivity contribution in [2.75, 3.05) is 5.32 Å². The lowest BCUT2D eigenvalue weighted by Crippen LogP contribution is -2.13. The summed E-state index contributed by atoms with van der Waals surface area (Å²) in [6.45, 7) is -0.0343. The molecule has 0 aliphatic heterocycles. The maximum Gasteiger partial charge on any atom is 0.277 e. The molecule has 5 aromatic rings. The number of aromatic amines is 1. The molecule has 0 fully saturated rings. The van der Waals surface area contributed by atoms with Crippen LogP contribution in [-0.4, -0.2) is 36.0 Å². The topological polar surface area (TPSA) is 109 Å². The van der Waals surface area contributed by atoms with Crippen molar-refractivity contribution >= 4 is 22.6 Å². The molecule has 2 heterocycles. The lowest BCUT2D eigenvalue weighted by molar-refractivity contribution is 0.102. The summed E-state index contributed by atoms with van der Waals surface area (Å²) in [5, 5.41) is 20.7. The number of amides is 1. The average molecular weight is 442 g/mol. The molecule has 1 unspecified atom stereocenters. The van der Waals surface area contributed by atoms with Gasteiger partial charge in [0.1, 0.15) is 17.7 Å². The van der Waals surface area contributed by atoms with Crippen molar-refractivity contribution in [2.45, 2.75) is 12.6 Å². The summed E-state index contributed by atoms with van der Waals surface area (Å²) in [5.74, 6) is -0.210. The van der Waals surface area contributed by atoms with Crippen LogP contribution < -0.4 is 5.32 Å². The third-order valence-electron chi connectivity index (χ3n) is 5.20. The fourth-order valence-electron chi connectivity index (χ4n) is 3.51. The van der Waals surface area contributed by atoms with Crippen LogP contribution in [0.2, 0.25) is 0 Å². The van der Waals surface area contributed by atoms with Crippen molar-refractivity contribution in [3.8, 4) is 11.4 Å². The number of halogens is 1. The van der Waals surface area contributed by atoms with E-state index in [1.165, 1.54) is 23.0 Å². The molecule has 0 aliphatic carbocycles. The number of H-pyrrole nitrogens is 1. The van der Waals surface area contributed by atoms with Gasteiger partial charge in [-0.2, -0.15) is 0 Å². The Kier molecular flexibility index (Phi) is 5.37. The van der Waals surface area contributed by atoms with E-state index in [0.717, 1.165) is 22.4 Å². The minimum absolute atomic E-state index is 0.0343. The number of nitrogens with one attached hydrogen (secondary N) is 2. The van der Waals surface area contributed by atoms with E-state index in [9.17, 15) is 14.3 Å². The fraction of sp³-hybridized carbons (Fsp3) is 0.0833. The average Bonchev–Trinajstić information content (AvgIpc) is 3.47. The van der Waals surface area contributed by atoms with Gasteiger partial charge in [0.25, 0.3) is 5.91 Å². The van der Waals surface area contributed by atoms with E-state index in [2.05, 4.69) is 25.6 Å². The summed E-state index contributed by atoms with van der Waals surface area (Å²) in [5.41, 5.74) is 3.54. The van der Waals surface area contributed by atoms with Crippen LogP contribution in [0.25, 0.3) is 22.4 Å². The Morgan fingerprint density at radius 3 is 2.61 bits per heavy atom. The maximum atomic E-state index is 13.8. The molecule has 1 amide bonds. The number of aliphatic hydroxyl groups excluding tert-OH is 1. The van der Waals surface area contributed by atoms with Crippen LogP contribution in [0.15, 0.2) is 79.0 Å². The molecule has 0 saturated carbocycles. The van der Waals surface area contributed by atoms with Crippen molar-refractivity contribution in [1.29, 1.82) is 0 Å². The molecule has 3 aromatic carbocycles. The Labute approximate surface area is 187 Å². The highest BCUT2D eigenvalue weighted by Crippen LogP contribution is 2.22. The first-order valence-electron chi connectivity index (χ1n) is 10.3. The van der Waals surface area contributed by atoms with Gasteiger partial charge in [0.05, 0.1) is 23.8 Å². The van der Waals surface area contributed by atoms with E-state index in [-0.39, 0.29) is 17.8 Å². The Morgan fingerprint density at radius 2 is 1.82 bits per heavy atom. The monoisotopic (exact) mass is 442 g/mol. The first kappa shape index (κ1) is 20.5. The molecule has 5 rings (SSSR count). The molecule has 0 aliphatic rings. The second-order valence-corrected chi connectivity index (χ2v) is 7.50. The standard InChI is InChI=1S/C24H19FN6O2/c25-18-6-2-1-5-17(18)22(32)14-31-13-21(29-30-31)24(33)26-16-11-9-15(10-12-16)23-27-19-7-3-4-8-20(19)28-23/h1-13,22,32H,14H2,(H,26,33)(H,27,28). The highest BCUT2D eigenvalue weighted by molar-refractivity contribution is 6.02. The van der Waals surface area contributed by atoms with Gasteiger partial charge in [-0.3, -0.25) is 4.79 Å². The number of anilines is 1. The number of rotatable bonds is 6. The summed E-state index contributed by atoms with van der Waals surface area (Å²) in [6, 6.07) is 21.0. The van der Waals surface area contributed by atoms with Crippen molar-refractivity contribution in [3.05, 3.63) is 96.1 Å². The third-order valence-corrected chi connectivity index (χ3v) is 5.20. The molecule has 2 aromatic heterocycles. The van der Waals surface area contributed by atoms with Crippen LogP contribution in [0.4, 0.5) is 10.1 Å². The second kappa shape index (κ2) is 8.64. The number of benzene rings is 3. The summed E-state index contributed by atoms with van der Waals surface area (Å²) >= 11 is 0. The van der Waals surface area contributed by atoms with Crippen molar-refractivity contribution in [3.63, 3.8) is 0 Å². The first-order valence-corrected chi connectivity index (χ1v) is 10.3. The summed E-state index contributed by atoms with van der Waals surface area (Å²) < 4.78 is 15.1. The van der Waals surface area contributed by atoms with Gasteiger partial charge in [-0.05, 0) is 42.5 Å². The Morgan fingerprint density at radius 1 is 1.06 bits per heavy atom. The Hall–Kier alpha value is -4.37. The van der Waals surface area contributed by atoms with Gasteiger partial charge < -0.3 is 15.4 Å². The molecular formula is C24H19FN6O2. The number of nitrogens with zero attached hydrogens (tertiary/aromatic N) is 4. The van der Waals surface area contributed by atoms with Crippen molar-refractivity contribution in [1.82, 2.24) is 25.0 Å². The van der Waals surface area contributed by atoms with Gasteiger partial charge in [-0.1, -0.05) is 35.5 Å². The molecule has 0 bridgehead atoms. The smallest absolute Gasteiger partial charge is 0.277 e. The van der Waals surface area contributed by atoms with Crippen molar-refractivity contribution < 1.29 is 14.3 Å². The highest BCUT2D eigenvalue weighted by atomic mass is 19.1. The fourth-order valence-corrected chi connectivity index (χ4v) is 3.51. The molecule has 1 atom stereocenters. The predicted molar refractivity (Wildman–Crippen MR) is 121 cm³/mol. The summed E-state index contributed by atoms with van der Waals surface area (Å²) in [6.07, 6.45) is 0.289. The summed E-state index contributed by atoms with van der Waals surface area (Å²) in [4.78, 5) is 20.4. The largest absolute Gasteiger partial charge is 0.386 e. The number of aromatic nitrogens is 5. The molecule has 8 nitrogen and oxygen atoms in total. The van der Waals surface area contributed by atoms with Crippen LogP contribution in [0, 0.1) is 5.82 Å². The number of aliphatic hydroxyl groups is 1. The molecule has 164 valence electrons. The molecule has 0 saturated heterocycles. The Balaban J connectivity index is 1.24. The van der Waals surface area contributed by atoms with Gasteiger partial charge in [0, 0.05) is 16.8 Å². The zero-order valence-corrected chi connectivity index (χ0v) is 17.3. The Bertz CT molecular complexity index is 1390. The maximum absolute atomic E-state index is 13.8. The van der Waals surface area contributed by atoms with Crippen LogP contribution in [0.3, 0.4) is 0 Å². The number of imidazole rings is 1. The quantitative estimate of drug-likeness (QED) is 0.369. The molecule has 0 radical (unpaired) electrons. The van der Waals surface area contributed by atoms with Crippen LogP contribution in [0.1, 0.15) is 22.2 Å². The zero-order valence-electron chi connectivity index (χ0n) is 17.3. The van der Waals surface area contributed by atoms with Crippen LogP contribution >= 0.6 is 0 Å². The van der Waals surface area contributed by atoms with Crippen molar-refractivity contribution in [2.24, 2.45) is 0 Å².